The van der Waals surface area contributed by atoms with Gasteiger partial charge in [-0.15, -0.1) is 0 Å². The van der Waals surface area contributed by atoms with Gasteiger partial charge in [0.15, 0.2) is 0 Å². The van der Waals surface area contributed by atoms with Crippen molar-refractivity contribution in [2.75, 3.05) is 13.7 Å². The van der Waals surface area contributed by atoms with Crippen LogP contribution in [0.15, 0.2) is 0 Å². The number of ether oxygens (including phenoxy) is 1. The van der Waals surface area contributed by atoms with E-state index in [4.69, 9.17) is 9.84 Å². The maximum absolute atomic E-state index is 9.50. The van der Waals surface area contributed by atoms with Gasteiger partial charge in [0.1, 0.15) is 12.2 Å². The average Bonchev–Trinajstić information content (AvgIpc) is 2.23. The number of aliphatic hydroxyl groups excluding tert-OH is 4. The normalized spacial score (nSPS) is 22.5. The number of hydrogen-bond donors (Lipinski definition) is 4. The quantitative estimate of drug-likeness (QED) is 0.437. The van der Waals surface area contributed by atoms with Gasteiger partial charge in [-0.2, -0.15) is 0 Å². The molecule has 0 aliphatic rings. The Labute approximate surface area is 83.9 Å². The van der Waals surface area contributed by atoms with Crippen molar-refractivity contribution in [1.29, 1.82) is 0 Å². The molecule has 0 saturated carbocycles. The molecule has 5 nitrogen and oxygen atoms in total. The number of methoxy groups -OCH3 is 1. The summed E-state index contributed by atoms with van der Waals surface area (Å²) in [6.45, 7) is 2.93. The number of rotatable bonds is 6. The first kappa shape index (κ1) is 13.8. The lowest BCUT2D eigenvalue weighted by Gasteiger charge is -2.29. The van der Waals surface area contributed by atoms with Gasteiger partial charge in [-0.1, -0.05) is 6.92 Å². The summed E-state index contributed by atoms with van der Waals surface area (Å²) in [4.78, 5) is 0. The van der Waals surface area contributed by atoms with Crippen molar-refractivity contribution in [3.63, 3.8) is 0 Å². The van der Waals surface area contributed by atoms with E-state index in [0.29, 0.717) is 0 Å². The second kappa shape index (κ2) is 6.31. The van der Waals surface area contributed by atoms with Gasteiger partial charge in [0.05, 0.1) is 12.2 Å². The monoisotopic (exact) mass is 208 g/mol. The Kier molecular flexibility index (Phi) is 6.22. The molecule has 5 atom stereocenters. The minimum Gasteiger partial charge on any atom is -0.396 e. The lowest BCUT2D eigenvalue weighted by atomic mass is 9.95. The van der Waals surface area contributed by atoms with Gasteiger partial charge in [-0.25, -0.2) is 0 Å². The number of hydrogen-bond acceptors (Lipinski definition) is 5. The Hall–Kier alpha value is -0.200. The van der Waals surface area contributed by atoms with Gasteiger partial charge in [0, 0.05) is 19.6 Å². The van der Waals surface area contributed by atoms with Gasteiger partial charge in [0.2, 0.25) is 0 Å². The lowest BCUT2D eigenvalue weighted by Crippen LogP contribution is -2.47. The summed E-state index contributed by atoms with van der Waals surface area (Å²) in [6.07, 6.45) is -4.20. The Bertz CT molecular complexity index is 136. The van der Waals surface area contributed by atoms with Crippen LogP contribution in [0.4, 0.5) is 0 Å². The zero-order chi connectivity index (χ0) is 11.3. The van der Waals surface area contributed by atoms with E-state index < -0.39 is 30.3 Å². The molecule has 0 fully saturated rings. The van der Waals surface area contributed by atoms with E-state index in [1.165, 1.54) is 7.11 Å². The van der Waals surface area contributed by atoms with Gasteiger partial charge in [0.25, 0.3) is 0 Å². The zero-order valence-corrected chi connectivity index (χ0v) is 8.79. The Morgan fingerprint density at radius 3 is 1.86 bits per heavy atom. The molecule has 0 aliphatic heterocycles. The molecule has 0 radical (unpaired) electrons. The average molecular weight is 208 g/mol. The molecule has 0 amide bonds. The van der Waals surface area contributed by atoms with Crippen molar-refractivity contribution < 1.29 is 25.2 Å². The zero-order valence-electron chi connectivity index (χ0n) is 8.79. The van der Waals surface area contributed by atoms with Gasteiger partial charge in [-0.3, -0.25) is 0 Å². The second-order valence-corrected chi connectivity index (χ2v) is 3.57. The highest BCUT2D eigenvalue weighted by atomic mass is 16.5. The first-order valence-corrected chi connectivity index (χ1v) is 4.63. The topological polar surface area (TPSA) is 90.2 Å². The van der Waals surface area contributed by atoms with E-state index in [-0.39, 0.29) is 6.61 Å². The summed E-state index contributed by atoms with van der Waals surface area (Å²) in [5.74, 6) is -0.483. The molecule has 0 aromatic heterocycles. The lowest BCUT2D eigenvalue weighted by molar-refractivity contribution is -0.124. The van der Waals surface area contributed by atoms with Crippen LogP contribution in [-0.2, 0) is 4.74 Å². The molecule has 0 saturated heterocycles. The summed E-state index contributed by atoms with van der Waals surface area (Å²) < 4.78 is 4.81. The van der Waals surface area contributed by atoms with Gasteiger partial charge < -0.3 is 25.2 Å². The highest BCUT2D eigenvalue weighted by Crippen LogP contribution is 2.13. The van der Waals surface area contributed by atoms with Gasteiger partial charge >= 0.3 is 0 Å². The molecule has 0 aromatic carbocycles. The fourth-order valence-corrected chi connectivity index (χ4v) is 1.06. The molecule has 5 heteroatoms. The molecule has 0 heterocycles. The summed E-state index contributed by atoms with van der Waals surface area (Å²) in [7, 11) is 1.41. The first-order chi connectivity index (χ1) is 6.45. The highest BCUT2D eigenvalue weighted by Gasteiger charge is 2.31. The third-order valence-electron chi connectivity index (χ3n) is 2.42. The molecular formula is C9H20O5. The van der Waals surface area contributed by atoms with Gasteiger partial charge in [-0.05, 0) is 6.92 Å². The molecule has 0 bridgehead atoms. The van der Waals surface area contributed by atoms with E-state index in [1.54, 1.807) is 13.8 Å². The fourth-order valence-electron chi connectivity index (χ4n) is 1.06. The summed E-state index contributed by atoms with van der Waals surface area (Å²) >= 11 is 0. The molecule has 86 valence electrons. The minimum absolute atomic E-state index is 0.244. The van der Waals surface area contributed by atoms with Crippen LogP contribution < -0.4 is 0 Å². The largest absolute Gasteiger partial charge is 0.396 e. The van der Waals surface area contributed by atoms with Crippen LogP contribution in [0, 0.1) is 5.92 Å². The third kappa shape index (κ3) is 3.51. The van der Waals surface area contributed by atoms with Crippen LogP contribution in [0.5, 0.6) is 0 Å². The van der Waals surface area contributed by atoms with Crippen molar-refractivity contribution in [1.82, 2.24) is 0 Å². The van der Waals surface area contributed by atoms with Crippen LogP contribution in [0.1, 0.15) is 13.8 Å². The van der Waals surface area contributed by atoms with Crippen molar-refractivity contribution >= 4 is 0 Å². The molecule has 0 aromatic rings. The van der Waals surface area contributed by atoms with Crippen LogP contribution in [0.2, 0.25) is 0 Å². The Balaban J connectivity index is 4.22. The highest BCUT2D eigenvalue weighted by molar-refractivity contribution is 4.82. The minimum atomic E-state index is -1.31. The fraction of sp³-hybridized carbons (Fsp3) is 1.00. The third-order valence-corrected chi connectivity index (χ3v) is 2.42. The van der Waals surface area contributed by atoms with Crippen LogP contribution >= 0.6 is 0 Å². The predicted octanol–water partition coefficient (Wildman–Crippen LogP) is -1.27. The first-order valence-electron chi connectivity index (χ1n) is 4.63. The van der Waals surface area contributed by atoms with Crippen molar-refractivity contribution in [2.45, 2.75) is 38.3 Å². The van der Waals surface area contributed by atoms with Crippen molar-refractivity contribution in [3.05, 3.63) is 0 Å². The molecule has 14 heavy (non-hydrogen) atoms. The maximum Gasteiger partial charge on any atom is 0.109 e. The van der Waals surface area contributed by atoms with Crippen molar-refractivity contribution in [2.24, 2.45) is 5.92 Å². The molecular weight excluding hydrogens is 188 g/mol. The van der Waals surface area contributed by atoms with Crippen LogP contribution in [0.3, 0.4) is 0 Å². The van der Waals surface area contributed by atoms with E-state index in [1.807, 2.05) is 0 Å². The van der Waals surface area contributed by atoms with E-state index in [2.05, 4.69) is 0 Å². The number of aliphatic hydroxyl groups is 4. The van der Waals surface area contributed by atoms with Crippen LogP contribution in [-0.4, -0.2) is 58.6 Å². The smallest absolute Gasteiger partial charge is 0.109 e. The Morgan fingerprint density at radius 1 is 1.00 bits per heavy atom. The maximum atomic E-state index is 9.50. The van der Waals surface area contributed by atoms with Crippen LogP contribution in [0.25, 0.3) is 0 Å². The summed E-state index contributed by atoms with van der Waals surface area (Å²) in [5, 5.41) is 37.2. The van der Waals surface area contributed by atoms with Crippen molar-refractivity contribution in [3.8, 4) is 0 Å². The van der Waals surface area contributed by atoms with E-state index in [9.17, 15) is 15.3 Å². The molecule has 5 unspecified atom stereocenters. The second-order valence-electron chi connectivity index (χ2n) is 3.57. The Morgan fingerprint density at radius 2 is 1.50 bits per heavy atom. The molecule has 0 rings (SSSR count). The summed E-state index contributed by atoms with van der Waals surface area (Å²) in [5.41, 5.74) is 0. The summed E-state index contributed by atoms with van der Waals surface area (Å²) in [6, 6.07) is 0. The van der Waals surface area contributed by atoms with E-state index >= 15 is 0 Å². The molecule has 4 N–H and O–H groups in total. The standard InChI is InChI=1S/C9H20O5/c1-5(4-10)7(11)9(13)8(12)6(2)14-3/h5-13H,4H2,1-3H3. The predicted molar refractivity (Wildman–Crippen MR) is 50.7 cm³/mol. The SMILES string of the molecule is COC(C)C(O)C(O)C(O)C(C)CO. The molecule has 0 aliphatic carbocycles. The molecule has 0 spiro atoms. The van der Waals surface area contributed by atoms with E-state index in [0.717, 1.165) is 0 Å².